The molecule has 2 rings (SSSR count). The molecule has 1 aromatic heterocycles. The molecule has 0 atom stereocenters. The van der Waals surface area contributed by atoms with Gasteiger partial charge in [0.15, 0.2) is 0 Å². The molecule has 4 heteroatoms. The molecule has 0 unspecified atom stereocenters. The molecule has 1 heterocycles. The van der Waals surface area contributed by atoms with Crippen LogP contribution < -0.4 is 5.32 Å². The van der Waals surface area contributed by atoms with E-state index in [2.05, 4.69) is 5.32 Å². The zero-order valence-electron chi connectivity index (χ0n) is 9.30. The first-order chi connectivity index (χ1) is 7.56. The molecule has 0 saturated heterocycles. The molecule has 0 spiro atoms. The fourth-order valence-electron chi connectivity index (χ4n) is 1.95. The van der Waals surface area contributed by atoms with Gasteiger partial charge in [0.1, 0.15) is 0 Å². The average Bonchev–Trinajstić information content (AvgIpc) is 2.58. The Morgan fingerprint density at radius 1 is 1.31 bits per heavy atom. The third kappa shape index (κ3) is 1.69. The van der Waals surface area contributed by atoms with Crippen LogP contribution in [0.5, 0.6) is 0 Å². The van der Waals surface area contributed by atoms with E-state index in [-0.39, 0.29) is 12.1 Å². The molecule has 1 aromatic carbocycles. The molecule has 1 N–H and O–H groups in total. The maximum absolute atomic E-state index is 13.8. The Morgan fingerprint density at radius 3 is 2.69 bits per heavy atom. The lowest BCUT2D eigenvalue weighted by Crippen LogP contribution is -2.27. The summed E-state index contributed by atoms with van der Waals surface area (Å²) in [6.45, 7) is -0.346. The van der Waals surface area contributed by atoms with E-state index in [1.54, 1.807) is 23.7 Å². The molecule has 2 aromatic rings. The number of nitrogens with zero attached hydrogens (tertiary/aromatic N) is 1. The predicted octanol–water partition coefficient (Wildman–Crippen LogP) is 2.49. The molecule has 0 aliphatic carbocycles. The van der Waals surface area contributed by atoms with Crippen molar-refractivity contribution in [2.45, 2.75) is 5.92 Å². The van der Waals surface area contributed by atoms with E-state index < -0.39 is 5.92 Å². The standard InChI is InChI=1S/C12H14F2N2/c1-15-8-12(13,14)10-7-16(2)11-6-4-3-5-9(10)11/h3-7,15H,8H2,1-2H3. The Hall–Kier alpha value is -1.42. The number of hydrogen-bond acceptors (Lipinski definition) is 1. The summed E-state index contributed by atoms with van der Waals surface area (Å²) in [5, 5.41) is 3.14. The van der Waals surface area contributed by atoms with Gasteiger partial charge in [0.25, 0.3) is 5.92 Å². The van der Waals surface area contributed by atoms with Gasteiger partial charge in [0.05, 0.1) is 6.54 Å². The molecule has 0 aliphatic rings. The highest BCUT2D eigenvalue weighted by Gasteiger charge is 2.33. The van der Waals surface area contributed by atoms with E-state index in [9.17, 15) is 8.78 Å². The first-order valence-electron chi connectivity index (χ1n) is 5.13. The van der Waals surface area contributed by atoms with Gasteiger partial charge in [-0.3, -0.25) is 0 Å². The second-order valence-corrected chi connectivity index (χ2v) is 3.91. The van der Waals surface area contributed by atoms with Crippen molar-refractivity contribution in [3.63, 3.8) is 0 Å². The fraction of sp³-hybridized carbons (Fsp3) is 0.333. The highest BCUT2D eigenvalue weighted by atomic mass is 19.3. The van der Waals surface area contributed by atoms with Crippen LogP contribution in [0.25, 0.3) is 10.9 Å². The minimum absolute atomic E-state index is 0.0833. The van der Waals surface area contributed by atoms with E-state index in [1.807, 2.05) is 12.1 Å². The molecule has 16 heavy (non-hydrogen) atoms. The van der Waals surface area contributed by atoms with Gasteiger partial charge in [0, 0.05) is 29.7 Å². The number of aromatic nitrogens is 1. The minimum atomic E-state index is -2.84. The first-order valence-corrected chi connectivity index (χ1v) is 5.13. The number of aryl methyl sites for hydroxylation is 1. The third-order valence-corrected chi connectivity index (χ3v) is 2.69. The largest absolute Gasteiger partial charge is 0.350 e. The fourth-order valence-corrected chi connectivity index (χ4v) is 1.95. The quantitative estimate of drug-likeness (QED) is 0.847. The maximum Gasteiger partial charge on any atom is 0.287 e. The lowest BCUT2D eigenvalue weighted by atomic mass is 10.1. The van der Waals surface area contributed by atoms with Crippen molar-refractivity contribution >= 4 is 10.9 Å². The van der Waals surface area contributed by atoms with Gasteiger partial charge < -0.3 is 9.88 Å². The van der Waals surface area contributed by atoms with Crippen molar-refractivity contribution < 1.29 is 8.78 Å². The summed E-state index contributed by atoms with van der Waals surface area (Å²) < 4.78 is 29.4. The molecule has 2 nitrogen and oxygen atoms in total. The number of para-hydroxylation sites is 1. The van der Waals surface area contributed by atoms with Crippen LogP contribution in [-0.2, 0) is 13.0 Å². The summed E-state index contributed by atoms with van der Waals surface area (Å²) in [6.07, 6.45) is 1.50. The molecule has 0 radical (unpaired) electrons. The van der Waals surface area contributed by atoms with E-state index in [0.717, 1.165) is 5.52 Å². The topological polar surface area (TPSA) is 17.0 Å². The summed E-state index contributed by atoms with van der Waals surface area (Å²) in [4.78, 5) is 0. The second kappa shape index (κ2) is 3.87. The van der Waals surface area contributed by atoms with Crippen LogP contribution in [-0.4, -0.2) is 18.2 Å². The van der Waals surface area contributed by atoms with Crippen LogP contribution in [0, 0.1) is 0 Å². The van der Waals surface area contributed by atoms with Crippen molar-refractivity contribution in [2.75, 3.05) is 13.6 Å². The van der Waals surface area contributed by atoms with Crippen molar-refractivity contribution in [3.8, 4) is 0 Å². The minimum Gasteiger partial charge on any atom is -0.350 e. The molecule has 0 bridgehead atoms. The Morgan fingerprint density at radius 2 is 2.00 bits per heavy atom. The maximum atomic E-state index is 13.8. The molecule has 0 saturated carbocycles. The Balaban J connectivity index is 2.61. The number of alkyl halides is 2. The van der Waals surface area contributed by atoms with E-state index in [4.69, 9.17) is 0 Å². The zero-order valence-corrected chi connectivity index (χ0v) is 9.30. The van der Waals surface area contributed by atoms with Crippen LogP contribution >= 0.6 is 0 Å². The first kappa shape index (κ1) is 11.1. The second-order valence-electron chi connectivity index (χ2n) is 3.91. The normalized spacial score (nSPS) is 12.2. The number of benzene rings is 1. The molecule has 0 fully saturated rings. The van der Waals surface area contributed by atoms with Gasteiger partial charge in [-0.25, -0.2) is 0 Å². The Bertz CT molecular complexity index is 503. The zero-order chi connectivity index (χ0) is 11.8. The number of rotatable bonds is 3. The number of hydrogen-bond donors (Lipinski definition) is 1. The van der Waals surface area contributed by atoms with Crippen molar-refractivity contribution in [2.24, 2.45) is 7.05 Å². The van der Waals surface area contributed by atoms with E-state index in [0.29, 0.717) is 5.39 Å². The van der Waals surface area contributed by atoms with Crippen LogP contribution in [0.3, 0.4) is 0 Å². The molecule has 0 aliphatic heterocycles. The average molecular weight is 224 g/mol. The SMILES string of the molecule is CNCC(F)(F)c1cn(C)c2ccccc12. The predicted molar refractivity (Wildman–Crippen MR) is 60.7 cm³/mol. The van der Waals surface area contributed by atoms with E-state index >= 15 is 0 Å². The summed E-state index contributed by atoms with van der Waals surface area (Å²) in [5.74, 6) is -2.84. The van der Waals surface area contributed by atoms with Gasteiger partial charge in [-0.15, -0.1) is 0 Å². The highest BCUT2D eigenvalue weighted by Crippen LogP contribution is 2.34. The van der Waals surface area contributed by atoms with Crippen LogP contribution in [0.1, 0.15) is 5.56 Å². The highest BCUT2D eigenvalue weighted by molar-refractivity contribution is 5.84. The molecular weight excluding hydrogens is 210 g/mol. The molecular formula is C12H14F2N2. The van der Waals surface area contributed by atoms with Crippen molar-refractivity contribution in [3.05, 3.63) is 36.0 Å². The summed E-state index contributed by atoms with van der Waals surface area (Å²) >= 11 is 0. The van der Waals surface area contributed by atoms with Gasteiger partial charge in [0.2, 0.25) is 0 Å². The van der Waals surface area contributed by atoms with Crippen LogP contribution in [0.2, 0.25) is 0 Å². The summed E-state index contributed by atoms with van der Waals surface area (Å²) in [5.41, 5.74) is 0.910. The van der Waals surface area contributed by atoms with Gasteiger partial charge in [-0.1, -0.05) is 18.2 Å². The third-order valence-electron chi connectivity index (χ3n) is 2.69. The number of nitrogens with one attached hydrogen (secondary N) is 1. The number of fused-ring (bicyclic) bond motifs is 1. The van der Waals surface area contributed by atoms with Crippen molar-refractivity contribution in [1.82, 2.24) is 9.88 Å². The van der Waals surface area contributed by atoms with E-state index in [1.165, 1.54) is 13.2 Å². The Kier molecular flexibility index (Phi) is 2.68. The summed E-state index contributed by atoms with van der Waals surface area (Å²) in [7, 11) is 3.31. The lowest BCUT2D eigenvalue weighted by Gasteiger charge is -2.14. The molecule has 86 valence electrons. The van der Waals surface area contributed by atoms with Gasteiger partial charge in [-0.05, 0) is 13.1 Å². The lowest BCUT2D eigenvalue weighted by molar-refractivity contribution is 0.000159. The van der Waals surface area contributed by atoms with Gasteiger partial charge in [-0.2, -0.15) is 8.78 Å². The molecule has 0 amide bonds. The Labute approximate surface area is 92.9 Å². The van der Waals surface area contributed by atoms with Crippen LogP contribution in [0.4, 0.5) is 8.78 Å². The number of likely N-dealkylation sites (N-methyl/N-ethyl adjacent to an activating group) is 1. The monoisotopic (exact) mass is 224 g/mol. The van der Waals surface area contributed by atoms with Gasteiger partial charge >= 0.3 is 0 Å². The smallest absolute Gasteiger partial charge is 0.287 e. The number of halogens is 2. The van der Waals surface area contributed by atoms with Crippen molar-refractivity contribution in [1.29, 1.82) is 0 Å². The van der Waals surface area contributed by atoms with Crippen LogP contribution in [0.15, 0.2) is 30.5 Å². The summed E-state index contributed by atoms with van der Waals surface area (Å²) in [6, 6.07) is 7.20.